The molecule has 0 spiro atoms. The molecule has 0 aliphatic heterocycles. The van der Waals surface area contributed by atoms with Crippen LogP contribution in [0.4, 0.5) is 0 Å². The highest BCUT2D eigenvalue weighted by Gasteiger charge is 2.30. The van der Waals surface area contributed by atoms with Crippen molar-refractivity contribution in [2.24, 2.45) is 0 Å². The number of hydrogen-bond acceptors (Lipinski definition) is 3. The summed E-state index contributed by atoms with van der Waals surface area (Å²) in [5.74, 6) is -1.14. The van der Waals surface area contributed by atoms with Gasteiger partial charge in [-0.05, 0) is 43.0 Å². The summed E-state index contributed by atoms with van der Waals surface area (Å²) in [6, 6.07) is 5.46. The molecule has 1 aromatic carbocycles. The van der Waals surface area contributed by atoms with Gasteiger partial charge in [0.25, 0.3) is 5.91 Å². The number of aliphatic carboxylic acids is 1. The summed E-state index contributed by atoms with van der Waals surface area (Å²) in [6.45, 7) is 1.86. The van der Waals surface area contributed by atoms with Gasteiger partial charge in [0, 0.05) is 24.8 Å². The van der Waals surface area contributed by atoms with Gasteiger partial charge in [-0.15, -0.1) is 0 Å². The van der Waals surface area contributed by atoms with Gasteiger partial charge in [-0.1, -0.05) is 12.1 Å². The third-order valence-corrected chi connectivity index (χ3v) is 3.69. The lowest BCUT2D eigenvalue weighted by Gasteiger charge is -2.34. The Morgan fingerprint density at radius 1 is 1.38 bits per heavy atom. The first-order chi connectivity index (χ1) is 9.99. The number of methoxy groups -OCH3 is 1. The maximum absolute atomic E-state index is 12.3. The van der Waals surface area contributed by atoms with Gasteiger partial charge in [-0.3, -0.25) is 4.79 Å². The Morgan fingerprint density at radius 2 is 2.10 bits per heavy atom. The van der Waals surface area contributed by atoms with Crippen LogP contribution in [0.1, 0.15) is 34.3 Å². The number of carbonyl (C=O) groups is 2. The van der Waals surface area contributed by atoms with Crippen LogP contribution in [0.5, 0.6) is 0 Å². The third-order valence-electron chi connectivity index (χ3n) is 3.69. The third kappa shape index (κ3) is 3.92. The summed E-state index contributed by atoms with van der Waals surface area (Å²) in [5.41, 5.74) is 2.13. The number of amides is 1. The summed E-state index contributed by atoms with van der Waals surface area (Å²) in [5, 5.41) is 11.6. The number of aryl methyl sites for hydroxylation is 1. The summed E-state index contributed by atoms with van der Waals surface area (Å²) >= 11 is 0. The van der Waals surface area contributed by atoms with Crippen LogP contribution in [0.15, 0.2) is 24.3 Å². The highest BCUT2D eigenvalue weighted by Crippen LogP contribution is 2.23. The van der Waals surface area contributed by atoms with Gasteiger partial charge >= 0.3 is 5.97 Å². The minimum absolute atomic E-state index is 0.127. The predicted octanol–water partition coefficient (Wildman–Crippen LogP) is 2.00. The fourth-order valence-corrected chi connectivity index (χ4v) is 2.29. The monoisotopic (exact) mass is 289 g/mol. The SMILES string of the molecule is COC1CC(NC(=O)c2cc(/C=C/C(=O)O)ccc2C)C1. The molecule has 1 aliphatic rings. The van der Waals surface area contributed by atoms with Crippen molar-refractivity contribution < 1.29 is 19.4 Å². The highest BCUT2D eigenvalue weighted by molar-refractivity contribution is 5.96. The van der Waals surface area contributed by atoms with Crippen molar-refractivity contribution in [2.45, 2.75) is 31.9 Å². The van der Waals surface area contributed by atoms with E-state index in [1.54, 1.807) is 19.2 Å². The second kappa shape index (κ2) is 6.54. The van der Waals surface area contributed by atoms with Gasteiger partial charge in [0.1, 0.15) is 0 Å². The standard InChI is InChI=1S/C16H19NO4/c1-10-3-4-11(5-6-15(18)19)7-14(10)16(20)17-12-8-13(9-12)21-2/h3-7,12-13H,8-9H2,1-2H3,(H,17,20)(H,18,19)/b6-5+. The molecule has 1 fully saturated rings. The van der Waals surface area contributed by atoms with Crippen LogP contribution >= 0.6 is 0 Å². The molecule has 1 aliphatic carbocycles. The van der Waals surface area contributed by atoms with E-state index in [-0.39, 0.29) is 18.1 Å². The van der Waals surface area contributed by atoms with E-state index in [1.165, 1.54) is 6.08 Å². The molecule has 0 bridgehead atoms. The van der Waals surface area contributed by atoms with Gasteiger partial charge in [-0.25, -0.2) is 4.79 Å². The molecule has 2 N–H and O–H groups in total. The Morgan fingerprint density at radius 3 is 2.71 bits per heavy atom. The molecule has 21 heavy (non-hydrogen) atoms. The minimum atomic E-state index is -1.01. The van der Waals surface area contributed by atoms with Gasteiger partial charge in [-0.2, -0.15) is 0 Å². The molecule has 0 atom stereocenters. The Hall–Kier alpha value is -2.14. The Balaban J connectivity index is 2.06. The van der Waals surface area contributed by atoms with Crippen LogP contribution in [0, 0.1) is 6.92 Å². The second-order valence-electron chi connectivity index (χ2n) is 5.25. The fraction of sp³-hybridized carbons (Fsp3) is 0.375. The summed E-state index contributed by atoms with van der Waals surface area (Å²) in [7, 11) is 1.67. The topological polar surface area (TPSA) is 75.6 Å². The molecule has 5 nitrogen and oxygen atoms in total. The van der Waals surface area contributed by atoms with Crippen LogP contribution in [0.3, 0.4) is 0 Å². The average molecular weight is 289 g/mol. The summed E-state index contributed by atoms with van der Waals surface area (Å²) < 4.78 is 5.18. The quantitative estimate of drug-likeness (QED) is 0.813. The first kappa shape index (κ1) is 15.3. The zero-order chi connectivity index (χ0) is 15.4. The lowest BCUT2D eigenvalue weighted by atomic mass is 9.89. The molecule has 0 unspecified atom stereocenters. The predicted molar refractivity (Wildman–Crippen MR) is 79.1 cm³/mol. The van der Waals surface area contributed by atoms with E-state index in [0.717, 1.165) is 24.5 Å². The fourth-order valence-electron chi connectivity index (χ4n) is 2.29. The number of carboxylic acids is 1. The summed E-state index contributed by atoms with van der Waals surface area (Å²) in [6.07, 6.45) is 4.44. The van der Waals surface area contributed by atoms with Crippen LogP contribution in [-0.4, -0.2) is 36.2 Å². The molecular weight excluding hydrogens is 270 g/mol. The Labute approximate surface area is 123 Å². The van der Waals surface area contributed by atoms with Crippen molar-refractivity contribution in [1.29, 1.82) is 0 Å². The maximum atomic E-state index is 12.3. The van der Waals surface area contributed by atoms with Gasteiger partial charge < -0.3 is 15.2 Å². The van der Waals surface area contributed by atoms with E-state index in [1.807, 2.05) is 13.0 Å². The van der Waals surface area contributed by atoms with Gasteiger partial charge in [0.05, 0.1) is 6.10 Å². The van der Waals surface area contributed by atoms with E-state index in [0.29, 0.717) is 11.1 Å². The molecule has 1 saturated carbocycles. The number of rotatable bonds is 5. The zero-order valence-corrected chi connectivity index (χ0v) is 12.1. The van der Waals surface area contributed by atoms with Crippen molar-refractivity contribution in [3.63, 3.8) is 0 Å². The van der Waals surface area contributed by atoms with Crippen molar-refractivity contribution in [2.75, 3.05) is 7.11 Å². The molecule has 2 rings (SSSR count). The van der Waals surface area contributed by atoms with Crippen molar-refractivity contribution >= 4 is 18.0 Å². The van der Waals surface area contributed by atoms with Crippen molar-refractivity contribution in [1.82, 2.24) is 5.32 Å². The molecule has 5 heteroatoms. The molecule has 112 valence electrons. The number of benzene rings is 1. The van der Waals surface area contributed by atoms with Crippen LogP contribution in [-0.2, 0) is 9.53 Å². The molecular formula is C16H19NO4. The van der Waals surface area contributed by atoms with Crippen LogP contribution < -0.4 is 5.32 Å². The van der Waals surface area contributed by atoms with E-state index in [2.05, 4.69) is 5.32 Å². The first-order valence-corrected chi connectivity index (χ1v) is 6.85. The van der Waals surface area contributed by atoms with Crippen molar-refractivity contribution in [3.05, 3.63) is 41.0 Å². The van der Waals surface area contributed by atoms with Crippen molar-refractivity contribution in [3.8, 4) is 0 Å². The minimum Gasteiger partial charge on any atom is -0.478 e. The smallest absolute Gasteiger partial charge is 0.328 e. The normalized spacial score (nSPS) is 21.0. The lowest BCUT2D eigenvalue weighted by molar-refractivity contribution is -0.131. The molecule has 0 aromatic heterocycles. The first-order valence-electron chi connectivity index (χ1n) is 6.85. The molecule has 0 heterocycles. The number of ether oxygens (including phenoxy) is 1. The van der Waals surface area contributed by atoms with E-state index < -0.39 is 5.97 Å². The van der Waals surface area contributed by atoms with Gasteiger partial charge in [0.2, 0.25) is 0 Å². The number of nitrogens with one attached hydrogen (secondary N) is 1. The zero-order valence-electron chi connectivity index (χ0n) is 12.1. The molecule has 0 radical (unpaired) electrons. The maximum Gasteiger partial charge on any atom is 0.328 e. The number of hydrogen-bond donors (Lipinski definition) is 2. The molecule has 1 amide bonds. The van der Waals surface area contributed by atoms with Crippen LogP contribution in [0.25, 0.3) is 6.08 Å². The summed E-state index contributed by atoms with van der Waals surface area (Å²) in [4.78, 5) is 22.8. The second-order valence-corrected chi connectivity index (χ2v) is 5.25. The van der Waals surface area contributed by atoms with Crippen LogP contribution in [0.2, 0.25) is 0 Å². The Bertz CT molecular complexity index is 574. The number of carboxylic acid groups (broad SMARTS) is 1. The largest absolute Gasteiger partial charge is 0.478 e. The van der Waals surface area contributed by atoms with Gasteiger partial charge in [0.15, 0.2) is 0 Å². The number of carbonyl (C=O) groups excluding carboxylic acids is 1. The van der Waals surface area contributed by atoms with E-state index >= 15 is 0 Å². The molecule has 0 saturated heterocycles. The molecule has 1 aromatic rings. The highest BCUT2D eigenvalue weighted by atomic mass is 16.5. The Kier molecular flexibility index (Phi) is 4.75. The van der Waals surface area contributed by atoms with E-state index in [9.17, 15) is 9.59 Å². The van der Waals surface area contributed by atoms with E-state index in [4.69, 9.17) is 9.84 Å². The average Bonchev–Trinajstić information content (AvgIpc) is 2.41. The lowest BCUT2D eigenvalue weighted by Crippen LogP contribution is -2.47.